The molecule has 0 atom stereocenters. The zero-order chi connectivity index (χ0) is 18.0. The van der Waals surface area contributed by atoms with Gasteiger partial charge >= 0.3 is 0 Å². The summed E-state index contributed by atoms with van der Waals surface area (Å²) in [7, 11) is 0. The lowest BCUT2D eigenvalue weighted by molar-refractivity contribution is 0.576. The van der Waals surface area contributed by atoms with Crippen LogP contribution in [-0.2, 0) is 0 Å². The number of unbranched alkanes of at least 4 members (excludes halogenated alkanes) is 12. The van der Waals surface area contributed by atoms with E-state index in [1.54, 1.807) is 0 Å². The molecular formula is C25H48. The second-order valence-corrected chi connectivity index (χ2v) is 8.51. The molecule has 148 valence electrons. The van der Waals surface area contributed by atoms with E-state index in [2.05, 4.69) is 13.8 Å². The highest BCUT2D eigenvalue weighted by Gasteiger charge is 2.11. The maximum atomic E-state index is 2.31. The van der Waals surface area contributed by atoms with Gasteiger partial charge in [0, 0.05) is 0 Å². The summed E-state index contributed by atoms with van der Waals surface area (Å²) in [5.74, 6) is 0. The molecule has 0 fully saturated rings. The van der Waals surface area contributed by atoms with Crippen molar-refractivity contribution < 1.29 is 0 Å². The Morgan fingerprint density at radius 2 is 0.800 bits per heavy atom. The van der Waals surface area contributed by atoms with Crippen LogP contribution in [-0.4, -0.2) is 0 Å². The van der Waals surface area contributed by atoms with Gasteiger partial charge in [-0.3, -0.25) is 0 Å². The predicted octanol–water partition coefficient (Wildman–Crippen LogP) is 9.53. The minimum atomic E-state index is 1.37. The van der Waals surface area contributed by atoms with E-state index in [9.17, 15) is 0 Å². The minimum absolute atomic E-state index is 1.37. The van der Waals surface area contributed by atoms with Crippen LogP contribution in [0.3, 0.4) is 0 Å². The Labute approximate surface area is 160 Å². The lowest BCUT2D eigenvalue weighted by Gasteiger charge is -2.13. The van der Waals surface area contributed by atoms with Gasteiger partial charge in [0.05, 0.1) is 0 Å². The summed E-state index contributed by atoms with van der Waals surface area (Å²) < 4.78 is 0. The highest BCUT2D eigenvalue weighted by atomic mass is 14.2. The van der Waals surface area contributed by atoms with Crippen LogP contribution in [0.25, 0.3) is 0 Å². The number of hydrogen-bond donors (Lipinski definition) is 0. The van der Waals surface area contributed by atoms with Crippen LogP contribution >= 0.6 is 0 Å². The van der Waals surface area contributed by atoms with E-state index >= 15 is 0 Å². The fourth-order valence-electron chi connectivity index (χ4n) is 4.40. The van der Waals surface area contributed by atoms with Gasteiger partial charge in [-0.05, 0) is 51.4 Å². The Balaban J connectivity index is 2.20. The summed E-state index contributed by atoms with van der Waals surface area (Å²) in [6.45, 7) is 4.62. The largest absolute Gasteiger partial charge is 0.0710 e. The molecule has 0 amide bonds. The van der Waals surface area contributed by atoms with E-state index in [0.717, 1.165) is 0 Å². The second-order valence-electron chi connectivity index (χ2n) is 8.51. The zero-order valence-electron chi connectivity index (χ0n) is 17.8. The molecule has 0 bridgehead atoms. The summed E-state index contributed by atoms with van der Waals surface area (Å²) in [6.07, 6.45) is 30.4. The quantitative estimate of drug-likeness (QED) is 0.192. The molecule has 25 heavy (non-hydrogen) atoms. The van der Waals surface area contributed by atoms with Gasteiger partial charge in [0.1, 0.15) is 0 Å². The molecule has 0 heterocycles. The topological polar surface area (TPSA) is 0 Å². The van der Waals surface area contributed by atoms with E-state index < -0.39 is 0 Å². The average Bonchev–Trinajstić information content (AvgIpc) is 2.85. The van der Waals surface area contributed by atoms with Crippen LogP contribution in [0.1, 0.15) is 149 Å². The molecule has 0 unspecified atom stereocenters. The first-order valence-corrected chi connectivity index (χ1v) is 12.1. The number of allylic oxidation sites excluding steroid dienone is 2. The molecule has 1 rings (SSSR count). The Hall–Kier alpha value is -0.260. The molecule has 1 aliphatic rings. The first-order valence-electron chi connectivity index (χ1n) is 12.1. The fourth-order valence-corrected chi connectivity index (χ4v) is 4.40. The summed E-state index contributed by atoms with van der Waals surface area (Å²) in [5.41, 5.74) is 3.80. The van der Waals surface area contributed by atoms with E-state index in [1.807, 2.05) is 11.1 Å². The lowest BCUT2D eigenvalue weighted by atomic mass is 9.93. The van der Waals surface area contributed by atoms with Crippen molar-refractivity contribution in [3.63, 3.8) is 0 Å². The third kappa shape index (κ3) is 12.7. The molecular weight excluding hydrogens is 300 g/mol. The van der Waals surface area contributed by atoms with Gasteiger partial charge in [-0.2, -0.15) is 0 Å². The molecule has 1 aliphatic carbocycles. The SMILES string of the molecule is CCCCCCCCCC1=C(CCCCCCCCC)CCCCC1. The van der Waals surface area contributed by atoms with Crippen molar-refractivity contribution >= 4 is 0 Å². The molecule has 0 N–H and O–H groups in total. The van der Waals surface area contributed by atoms with Gasteiger partial charge in [-0.1, -0.05) is 108 Å². The third-order valence-electron chi connectivity index (χ3n) is 6.12. The van der Waals surface area contributed by atoms with Crippen molar-refractivity contribution in [2.24, 2.45) is 0 Å². The van der Waals surface area contributed by atoms with Crippen LogP contribution < -0.4 is 0 Å². The Morgan fingerprint density at radius 1 is 0.440 bits per heavy atom. The highest BCUT2D eigenvalue weighted by Crippen LogP contribution is 2.31. The maximum absolute atomic E-state index is 2.31. The second kappa shape index (κ2) is 17.2. The Bertz CT molecular complexity index is 282. The fraction of sp³-hybridized carbons (Fsp3) is 0.920. The van der Waals surface area contributed by atoms with Crippen molar-refractivity contribution in [2.45, 2.75) is 149 Å². The third-order valence-corrected chi connectivity index (χ3v) is 6.12. The smallest absolute Gasteiger partial charge is 0.0318 e. The minimum Gasteiger partial charge on any atom is -0.0710 e. The predicted molar refractivity (Wildman–Crippen MR) is 115 cm³/mol. The molecule has 0 aromatic carbocycles. The van der Waals surface area contributed by atoms with Crippen LogP contribution in [0.15, 0.2) is 11.1 Å². The van der Waals surface area contributed by atoms with Crippen LogP contribution in [0, 0.1) is 0 Å². The zero-order valence-corrected chi connectivity index (χ0v) is 17.8. The standard InChI is InChI=1S/C25H48/c1-3-5-7-9-11-13-16-20-24-22-18-15-19-23-25(24)21-17-14-12-10-8-6-4-2/h3-23H2,1-2H3. The molecule has 0 nitrogen and oxygen atoms in total. The Morgan fingerprint density at radius 3 is 1.20 bits per heavy atom. The molecule has 0 aromatic rings. The molecule has 0 saturated heterocycles. The van der Waals surface area contributed by atoms with Crippen LogP contribution in [0.2, 0.25) is 0 Å². The molecule has 0 aliphatic heterocycles. The van der Waals surface area contributed by atoms with Gasteiger partial charge in [-0.25, -0.2) is 0 Å². The van der Waals surface area contributed by atoms with Crippen molar-refractivity contribution in [1.82, 2.24) is 0 Å². The van der Waals surface area contributed by atoms with Gasteiger partial charge in [0.25, 0.3) is 0 Å². The van der Waals surface area contributed by atoms with E-state index in [-0.39, 0.29) is 0 Å². The number of hydrogen-bond acceptors (Lipinski definition) is 0. The summed E-state index contributed by atoms with van der Waals surface area (Å²) >= 11 is 0. The normalized spacial score (nSPS) is 15.6. The Kier molecular flexibility index (Phi) is 15.6. The van der Waals surface area contributed by atoms with Crippen LogP contribution in [0.5, 0.6) is 0 Å². The van der Waals surface area contributed by atoms with Crippen molar-refractivity contribution in [2.75, 3.05) is 0 Å². The maximum Gasteiger partial charge on any atom is -0.0318 e. The van der Waals surface area contributed by atoms with Gasteiger partial charge in [-0.15, -0.1) is 0 Å². The van der Waals surface area contributed by atoms with E-state index in [4.69, 9.17) is 0 Å². The summed E-state index contributed by atoms with van der Waals surface area (Å²) in [6, 6.07) is 0. The van der Waals surface area contributed by atoms with Crippen molar-refractivity contribution in [3.8, 4) is 0 Å². The average molecular weight is 349 g/mol. The monoisotopic (exact) mass is 348 g/mol. The van der Waals surface area contributed by atoms with Gasteiger partial charge < -0.3 is 0 Å². The summed E-state index contributed by atoms with van der Waals surface area (Å²) in [4.78, 5) is 0. The number of rotatable bonds is 16. The molecule has 0 heteroatoms. The molecule has 0 saturated carbocycles. The highest BCUT2D eigenvalue weighted by molar-refractivity contribution is 5.16. The van der Waals surface area contributed by atoms with Crippen LogP contribution in [0.4, 0.5) is 0 Å². The van der Waals surface area contributed by atoms with Crippen molar-refractivity contribution in [1.29, 1.82) is 0 Å². The van der Waals surface area contributed by atoms with Gasteiger partial charge in [0.2, 0.25) is 0 Å². The first-order chi connectivity index (χ1) is 12.4. The first kappa shape index (κ1) is 22.8. The summed E-state index contributed by atoms with van der Waals surface area (Å²) in [5, 5.41) is 0. The molecule has 0 spiro atoms. The van der Waals surface area contributed by atoms with E-state index in [0.29, 0.717) is 0 Å². The van der Waals surface area contributed by atoms with Crippen molar-refractivity contribution in [3.05, 3.63) is 11.1 Å². The molecule has 0 radical (unpaired) electrons. The molecule has 0 aromatic heterocycles. The van der Waals surface area contributed by atoms with Gasteiger partial charge in [0.15, 0.2) is 0 Å². The lowest BCUT2D eigenvalue weighted by Crippen LogP contribution is -1.93. The van der Waals surface area contributed by atoms with E-state index in [1.165, 1.54) is 135 Å².